The standard InChI is InChI=1S/C16H23N3O3/c1-11-13(12(2)22-18-11)5-6-14(20)19-10-4-8-16(19)7-3-9-17-15(16)21/h3-10H2,1-2H3,(H,17,21). The lowest BCUT2D eigenvalue weighted by Gasteiger charge is -2.40. The largest absolute Gasteiger partial charge is 0.361 e. The van der Waals surface area contributed by atoms with E-state index >= 15 is 0 Å². The number of piperidine rings is 1. The first kappa shape index (κ1) is 15.1. The number of carbonyl (C=O) groups is 2. The van der Waals surface area contributed by atoms with Crippen molar-refractivity contribution >= 4 is 11.8 Å². The summed E-state index contributed by atoms with van der Waals surface area (Å²) in [7, 11) is 0. The van der Waals surface area contributed by atoms with E-state index in [1.54, 1.807) is 0 Å². The highest BCUT2D eigenvalue weighted by Gasteiger charge is 2.50. The van der Waals surface area contributed by atoms with E-state index in [1.165, 1.54) is 0 Å². The van der Waals surface area contributed by atoms with Crippen molar-refractivity contribution in [2.24, 2.45) is 0 Å². The van der Waals surface area contributed by atoms with Crippen molar-refractivity contribution in [3.63, 3.8) is 0 Å². The summed E-state index contributed by atoms with van der Waals surface area (Å²) >= 11 is 0. The van der Waals surface area contributed by atoms with E-state index in [9.17, 15) is 9.59 Å². The molecule has 0 bridgehead atoms. The Balaban J connectivity index is 1.70. The molecule has 22 heavy (non-hydrogen) atoms. The normalized spacial score (nSPS) is 24.8. The highest BCUT2D eigenvalue weighted by molar-refractivity contribution is 5.92. The van der Waals surface area contributed by atoms with Crippen LogP contribution in [0.15, 0.2) is 4.52 Å². The summed E-state index contributed by atoms with van der Waals surface area (Å²) in [5.41, 5.74) is 1.26. The Morgan fingerprint density at radius 3 is 2.82 bits per heavy atom. The maximum absolute atomic E-state index is 12.7. The zero-order chi connectivity index (χ0) is 15.7. The van der Waals surface area contributed by atoms with Crippen molar-refractivity contribution in [2.45, 2.75) is 57.9 Å². The number of aromatic nitrogens is 1. The molecule has 1 atom stereocenters. The maximum atomic E-state index is 12.7. The molecular weight excluding hydrogens is 282 g/mol. The quantitative estimate of drug-likeness (QED) is 0.918. The molecule has 2 saturated heterocycles. The average Bonchev–Trinajstić information content (AvgIpc) is 3.06. The summed E-state index contributed by atoms with van der Waals surface area (Å²) in [5, 5.41) is 6.85. The minimum atomic E-state index is -0.589. The van der Waals surface area contributed by atoms with Gasteiger partial charge in [0.1, 0.15) is 11.3 Å². The average molecular weight is 305 g/mol. The number of rotatable bonds is 3. The van der Waals surface area contributed by atoms with Crippen molar-refractivity contribution in [1.29, 1.82) is 0 Å². The summed E-state index contributed by atoms with van der Waals surface area (Å²) in [6, 6.07) is 0. The number of hydrogen-bond acceptors (Lipinski definition) is 4. The third-order valence-corrected chi connectivity index (χ3v) is 5.04. The van der Waals surface area contributed by atoms with E-state index < -0.39 is 5.54 Å². The van der Waals surface area contributed by atoms with Crippen molar-refractivity contribution in [2.75, 3.05) is 13.1 Å². The van der Waals surface area contributed by atoms with Gasteiger partial charge in [-0.1, -0.05) is 5.16 Å². The first-order valence-electron chi connectivity index (χ1n) is 8.05. The smallest absolute Gasteiger partial charge is 0.245 e. The van der Waals surface area contributed by atoms with Gasteiger partial charge in [-0.05, 0) is 46.0 Å². The number of hydrogen-bond donors (Lipinski definition) is 1. The first-order valence-corrected chi connectivity index (χ1v) is 8.05. The van der Waals surface area contributed by atoms with Crippen molar-refractivity contribution < 1.29 is 14.1 Å². The predicted molar refractivity (Wildman–Crippen MR) is 80.2 cm³/mol. The maximum Gasteiger partial charge on any atom is 0.245 e. The van der Waals surface area contributed by atoms with Gasteiger partial charge in [0.15, 0.2) is 0 Å². The highest BCUT2D eigenvalue weighted by Crippen LogP contribution is 2.36. The summed E-state index contributed by atoms with van der Waals surface area (Å²) in [6.07, 6.45) is 4.45. The molecule has 1 spiro atoms. The number of nitrogens with one attached hydrogen (secondary N) is 1. The Morgan fingerprint density at radius 2 is 2.14 bits per heavy atom. The third-order valence-electron chi connectivity index (χ3n) is 5.04. The van der Waals surface area contributed by atoms with Gasteiger partial charge >= 0.3 is 0 Å². The minimum Gasteiger partial charge on any atom is -0.361 e. The van der Waals surface area contributed by atoms with Crippen LogP contribution in [0.2, 0.25) is 0 Å². The Kier molecular flexibility index (Phi) is 3.93. The Morgan fingerprint density at radius 1 is 1.36 bits per heavy atom. The lowest BCUT2D eigenvalue weighted by atomic mass is 9.86. The van der Waals surface area contributed by atoms with Crippen molar-refractivity contribution in [3.05, 3.63) is 17.0 Å². The van der Waals surface area contributed by atoms with Crippen LogP contribution in [-0.4, -0.2) is 40.5 Å². The van der Waals surface area contributed by atoms with Crippen molar-refractivity contribution in [1.82, 2.24) is 15.4 Å². The van der Waals surface area contributed by atoms with E-state index in [2.05, 4.69) is 10.5 Å². The van der Waals surface area contributed by atoms with E-state index in [-0.39, 0.29) is 11.8 Å². The van der Waals surface area contributed by atoms with Crippen molar-refractivity contribution in [3.8, 4) is 0 Å². The molecule has 3 heterocycles. The number of aryl methyl sites for hydroxylation is 2. The van der Waals surface area contributed by atoms with Gasteiger partial charge in [0.05, 0.1) is 5.69 Å². The van der Waals surface area contributed by atoms with Gasteiger partial charge in [-0.2, -0.15) is 0 Å². The van der Waals surface area contributed by atoms with Crippen LogP contribution in [-0.2, 0) is 16.0 Å². The Bertz CT molecular complexity index is 576. The van der Waals surface area contributed by atoms with Crippen LogP contribution in [0.3, 0.4) is 0 Å². The summed E-state index contributed by atoms with van der Waals surface area (Å²) in [6.45, 7) is 5.17. The SMILES string of the molecule is Cc1noc(C)c1CCC(=O)N1CCCC12CCCNC2=O. The van der Waals surface area contributed by atoms with Gasteiger partial charge in [-0.15, -0.1) is 0 Å². The van der Waals surface area contributed by atoms with Crippen LogP contribution in [0.5, 0.6) is 0 Å². The molecule has 6 nitrogen and oxygen atoms in total. The number of likely N-dealkylation sites (tertiary alicyclic amines) is 1. The summed E-state index contributed by atoms with van der Waals surface area (Å²) < 4.78 is 5.14. The van der Waals surface area contributed by atoms with Crippen LogP contribution in [0, 0.1) is 13.8 Å². The molecule has 0 radical (unpaired) electrons. The molecule has 1 N–H and O–H groups in total. The van der Waals surface area contributed by atoms with Crippen LogP contribution in [0.1, 0.15) is 49.1 Å². The van der Waals surface area contributed by atoms with Gasteiger partial charge in [0.25, 0.3) is 0 Å². The van der Waals surface area contributed by atoms with Gasteiger partial charge in [-0.3, -0.25) is 9.59 Å². The van der Waals surface area contributed by atoms with Crippen LogP contribution < -0.4 is 5.32 Å². The molecule has 2 amide bonds. The molecule has 120 valence electrons. The van der Waals surface area contributed by atoms with Crippen LogP contribution in [0.4, 0.5) is 0 Å². The molecule has 0 aromatic carbocycles. The van der Waals surface area contributed by atoms with Crippen LogP contribution in [0.25, 0.3) is 0 Å². The highest BCUT2D eigenvalue weighted by atomic mass is 16.5. The Hall–Kier alpha value is -1.85. The van der Waals surface area contributed by atoms with E-state index in [0.29, 0.717) is 19.4 Å². The fraction of sp³-hybridized carbons (Fsp3) is 0.688. The molecule has 6 heteroatoms. The molecule has 1 aromatic heterocycles. The van der Waals surface area contributed by atoms with E-state index in [1.807, 2.05) is 18.7 Å². The number of amides is 2. The second-order valence-corrected chi connectivity index (χ2v) is 6.34. The molecule has 1 unspecified atom stereocenters. The predicted octanol–water partition coefficient (Wildman–Crippen LogP) is 1.50. The molecule has 1 aromatic rings. The second kappa shape index (κ2) is 5.74. The second-order valence-electron chi connectivity index (χ2n) is 6.34. The minimum absolute atomic E-state index is 0.0296. The van der Waals surface area contributed by atoms with Gasteiger partial charge in [-0.25, -0.2) is 0 Å². The topological polar surface area (TPSA) is 75.4 Å². The molecule has 3 rings (SSSR count). The first-order chi connectivity index (χ1) is 10.5. The fourth-order valence-corrected chi connectivity index (χ4v) is 3.82. The zero-order valence-electron chi connectivity index (χ0n) is 13.3. The molecule has 2 aliphatic heterocycles. The molecule has 0 saturated carbocycles. The zero-order valence-corrected chi connectivity index (χ0v) is 13.3. The van der Waals surface area contributed by atoms with Gasteiger partial charge in [0, 0.05) is 25.1 Å². The Labute approximate surface area is 130 Å². The molecule has 2 aliphatic rings. The monoisotopic (exact) mass is 305 g/mol. The van der Waals surface area contributed by atoms with E-state index in [4.69, 9.17) is 4.52 Å². The lowest BCUT2D eigenvalue weighted by Crippen LogP contribution is -2.60. The summed E-state index contributed by atoms with van der Waals surface area (Å²) in [5.74, 6) is 0.869. The third kappa shape index (κ3) is 2.40. The summed E-state index contributed by atoms with van der Waals surface area (Å²) in [4.78, 5) is 26.8. The van der Waals surface area contributed by atoms with Gasteiger partial charge in [0.2, 0.25) is 11.8 Å². The molecule has 2 fully saturated rings. The number of carbonyl (C=O) groups excluding carboxylic acids is 2. The van der Waals surface area contributed by atoms with Crippen LogP contribution >= 0.6 is 0 Å². The lowest BCUT2D eigenvalue weighted by molar-refractivity contribution is -0.147. The fourth-order valence-electron chi connectivity index (χ4n) is 3.82. The number of nitrogens with zero attached hydrogens (tertiary/aromatic N) is 2. The molecular formula is C16H23N3O3. The van der Waals surface area contributed by atoms with Gasteiger partial charge < -0.3 is 14.7 Å². The van der Waals surface area contributed by atoms with E-state index in [0.717, 1.165) is 49.2 Å². The molecule has 0 aliphatic carbocycles.